The number of aliphatic hydroxyl groups excluding tert-OH is 1. The average molecular weight is 314 g/mol. The van der Waals surface area contributed by atoms with Crippen LogP contribution < -0.4 is 10.6 Å². The first-order chi connectivity index (χ1) is 11.1. The summed E-state index contributed by atoms with van der Waals surface area (Å²) in [5.74, 6) is -0.768. The summed E-state index contributed by atoms with van der Waals surface area (Å²) in [6.45, 7) is 3.14. The van der Waals surface area contributed by atoms with Crippen LogP contribution in [0.25, 0.3) is 0 Å². The number of rotatable bonds is 7. The van der Waals surface area contributed by atoms with Crippen molar-refractivity contribution < 1.29 is 14.3 Å². The summed E-state index contributed by atoms with van der Waals surface area (Å²) in [6, 6.07) is 13.3. The number of carbonyl (C=O) groups is 1. The maximum atomic E-state index is 14.0. The highest BCUT2D eigenvalue weighted by Crippen LogP contribution is 2.26. The van der Waals surface area contributed by atoms with E-state index in [1.807, 2.05) is 6.07 Å². The van der Waals surface area contributed by atoms with E-state index in [-0.39, 0.29) is 11.9 Å². The number of carbonyl (C=O) groups excluding carboxylic acids is 1. The third-order valence-electron chi connectivity index (χ3n) is 3.31. The van der Waals surface area contributed by atoms with Crippen molar-refractivity contribution in [3.8, 4) is 0 Å². The van der Waals surface area contributed by atoms with Gasteiger partial charge in [0.1, 0.15) is 12.4 Å². The van der Waals surface area contributed by atoms with Gasteiger partial charge in [0, 0.05) is 16.9 Å². The topological polar surface area (TPSA) is 61.4 Å². The molecule has 2 aromatic carbocycles. The lowest BCUT2D eigenvalue weighted by Gasteiger charge is -2.20. The van der Waals surface area contributed by atoms with Crippen molar-refractivity contribution in [2.45, 2.75) is 12.5 Å². The van der Waals surface area contributed by atoms with Crippen LogP contribution >= 0.6 is 0 Å². The average Bonchev–Trinajstić information content (AvgIpc) is 2.55. The standard InChI is InChI=1S/C18H19FN2O2/c1-2-6-17(15-9-3-4-10-16(15)19)20-13-7-5-8-14(11-13)21-18(23)12-22/h2-5,7-11,17,20,22H,1,6,12H2,(H,21,23). The summed E-state index contributed by atoms with van der Waals surface area (Å²) in [5, 5.41) is 14.6. The Morgan fingerprint density at radius 2 is 1.96 bits per heavy atom. The van der Waals surface area contributed by atoms with Crippen LogP contribution in [-0.4, -0.2) is 17.6 Å². The Balaban J connectivity index is 2.20. The first-order valence-electron chi connectivity index (χ1n) is 7.26. The van der Waals surface area contributed by atoms with Crippen LogP contribution in [0.15, 0.2) is 61.2 Å². The van der Waals surface area contributed by atoms with E-state index < -0.39 is 12.5 Å². The summed E-state index contributed by atoms with van der Waals surface area (Å²) in [4.78, 5) is 11.2. The summed E-state index contributed by atoms with van der Waals surface area (Å²) < 4.78 is 14.0. The molecule has 3 N–H and O–H groups in total. The molecule has 120 valence electrons. The van der Waals surface area contributed by atoms with Gasteiger partial charge in [-0.1, -0.05) is 30.3 Å². The van der Waals surface area contributed by atoms with E-state index in [2.05, 4.69) is 17.2 Å². The number of hydrogen-bond acceptors (Lipinski definition) is 3. The third-order valence-corrected chi connectivity index (χ3v) is 3.31. The number of halogens is 1. The molecule has 5 heteroatoms. The fourth-order valence-electron chi connectivity index (χ4n) is 2.28. The predicted molar refractivity (Wildman–Crippen MR) is 89.7 cm³/mol. The molecule has 0 aliphatic rings. The smallest absolute Gasteiger partial charge is 0.250 e. The lowest BCUT2D eigenvalue weighted by molar-refractivity contribution is -0.118. The lowest BCUT2D eigenvalue weighted by Crippen LogP contribution is -2.16. The molecule has 0 radical (unpaired) electrons. The fourth-order valence-corrected chi connectivity index (χ4v) is 2.28. The van der Waals surface area contributed by atoms with Crippen LogP contribution in [-0.2, 0) is 4.79 Å². The van der Waals surface area contributed by atoms with E-state index in [4.69, 9.17) is 5.11 Å². The zero-order valence-electron chi connectivity index (χ0n) is 12.6. The van der Waals surface area contributed by atoms with Crippen molar-refractivity contribution in [3.63, 3.8) is 0 Å². The number of benzene rings is 2. The maximum absolute atomic E-state index is 14.0. The zero-order chi connectivity index (χ0) is 16.7. The molecule has 0 aliphatic carbocycles. The first kappa shape index (κ1) is 16.7. The number of nitrogens with one attached hydrogen (secondary N) is 2. The van der Waals surface area contributed by atoms with Crippen LogP contribution in [0.5, 0.6) is 0 Å². The van der Waals surface area contributed by atoms with Crippen LogP contribution in [0.1, 0.15) is 18.0 Å². The lowest BCUT2D eigenvalue weighted by atomic mass is 10.0. The Kier molecular flexibility index (Phi) is 5.88. The second kappa shape index (κ2) is 8.10. The highest BCUT2D eigenvalue weighted by molar-refractivity contribution is 5.91. The Morgan fingerprint density at radius 3 is 2.65 bits per heavy atom. The van der Waals surface area contributed by atoms with Gasteiger partial charge < -0.3 is 15.7 Å². The fraction of sp³-hybridized carbons (Fsp3) is 0.167. The molecule has 0 aromatic heterocycles. The van der Waals surface area contributed by atoms with Crippen molar-refractivity contribution in [3.05, 3.63) is 72.6 Å². The van der Waals surface area contributed by atoms with Gasteiger partial charge in [-0.05, 0) is 30.7 Å². The molecular formula is C18H19FN2O2. The van der Waals surface area contributed by atoms with Gasteiger partial charge in [-0.15, -0.1) is 6.58 Å². The number of hydrogen-bond donors (Lipinski definition) is 3. The van der Waals surface area contributed by atoms with Crippen molar-refractivity contribution in [1.82, 2.24) is 0 Å². The Hall–Kier alpha value is -2.66. The van der Waals surface area contributed by atoms with Gasteiger partial charge in [0.25, 0.3) is 0 Å². The monoisotopic (exact) mass is 314 g/mol. The molecule has 1 atom stereocenters. The molecule has 0 fully saturated rings. The van der Waals surface area contributed by atoms with Crippen LogP contribution in [0.2, 0.25) is 0 Å². The molecule has 4 nitrogen and oxygen atoms in total. The molecule has 1 unspecified atom stereocenters. The Bertz CT molecular complexity index is 688. The second-order valence-electron chi connectivity index (χ2n) is 5.03. The highest BCUT2D eigenvalue weighted by atomic mass is 19.1. The molecular weight excluding hydrogens is 295 g/mol. The van der Waals surface area contributed by atoms with Crippen molar-refractivity contribution in [2.24, 2.45) is 0 Å². The molecule has 0 saturated carbocycles. The molecule has 0 spiro atoms. The normalized spacial score (nSPS) is 11.6. The third kappa shape index (κ3) is 4.66. The molecule has 1 amide bonds. The summed E-state index contributed by atoms with van der Waals surface area (Å²) >= 11 is 0. The van der Waals surface area contributed by atoms with Gasteiger partial charge in [0.2, 0.25) is 5.91 Å². The van der Waals surface area contributed by atoms with Gasteiger partial charge in [-0.2, -0.15) is 0 Å². The van der Waals surface area contributed by atoms with E-state index in [0.717, 1.165) is 5.69 Å². The molecule has 0 aliphatic heterocycles. The van der Waals surface area contributed by atoms with Gasteiger partial charge in [-0.25, -0.2) is 4.39 Å². The summed E-state index contributed by atoms with van der Waals surface area (Å²) in [5.41, 5.74) is 1.84. The van der Waals surface area contributed by atoms with E-state index in [1.54, 1.807) is 42.5 Å². The number of aliphatic hydroxyl groups is 1. The van der Waals surface area contributed by atoms with E-state index >= 15 is 0 Å². The Labute approximate surface area is 134 Å². The quantitative estimate of drug-likeness (QED) is 0.686. The number of anilines is 2. The van der Waals surface area contributed by atoms with Gasteiger partial charge >= 0.3 is 0 Å². The molecule has 0 heterocycles. The van der Waals surface area contributed by atoms with E-state index in [9.17, 15) is 9.18 Å². The summed E-state index contributed by atoms with van der Waals surface area (Å²) in [6.07, 6.45) is 2.27. The van der Waals surface area contributed by atoms with Crippen molar-refractivity contribution >= 4 is 17.3 Å². The molecule has 0 bridgehead atoms. The van der Waals surface area contributed by atoms with Crippen LogP contribution in [0.4, 0.5) is 15.8 Å². The van der Waals surface area contributed by atoms with Gasteiger partial charge in [-0.3, -0.25) is 4.79 Å². The predicted octanol–water partition coefficient (Wildman–Crippen LogP) is 3.49. The van der Waals surface area contributed by atoms with Crippen molar-refractivity contribution in [2.75, 3.05) is 17.2 Å². The maximum Gasteiger partial charge on any atom is 0.250 e. The highest BCUT2D eigenvalue weighted by Gasteiger charge is 2.14. The molecule has 2 rings (SSSR count). The Morgan fingerprint density at radius 1 is 1.22 bits per heavy atom. The number of amides is 1. The molecule has 0 saturated heterocycles. The van der Waals surface area contributed by atoms with Crippen molar-refractivity contribution in [1.29, 1.82) is 0 Å². The summed E-state index contributed by atoms with van der Waals surface area (Å²) in [7, 11) is 0. The van der Waals surface area contributed by atoms with Crippen LogP contribution in [0.3, 0.4) is 0 Å². The van der Waals surface area contributed by atoms with E-state index in [0.29, 0.717) is 17.7 Å². The molecule has 2 aromatic rings. The molecule has 23 heavy (non-hydrogen) atoms. The SMILES string of the molecule is C=CCC(Nc1cccc(NC(=O)CO)c1)c1ccccc1F. The minimum Gasteiger partial charge on any atom is -0.387 e. The minimum absolute atomic E-state index is 0.266. The van der Waals surface area contributed by atoms with Gasteiger partial charge in [0.05, 0.1) is 6.04 Å². The zero-order valence-corrected chi connectivity index (χ0v) is 12.6. The minimum atomic E-state index is -0.577. The van der Waals surface area contributed by atoms with Gasteiger partial charge in [0.15, 0.2) is 0 Å². The first-order valence-corrected chi connectivity index (χ1v) is 7.26. The van der Waals surface area contributed by atoms with Crippen LogP contribution in [0, 0.1) is 5.82 Å². The second-order valence-corrected chi connectivity index (χ2v) is 5.03. The van der Waals surface area contributed by atoms with E-state index in [1.165, 1.54) is 6.07 Å². The largest absolute Gasteiger partial charge is 0.387 e.